The van der Waals surface area contributed by atoms with Crippen LogP contribution in [-0.4, -0.2) is 28.6 Å². The highest BCUT2D eigenvalue weighted by molar-refractivity contribution is 9.10. The molecule has 1 unspecified atom stereocenters. The van der Waals surface area contributed by atoms with Crippen LogP contribution in [-0.2, 0) is 4.79 Å². The van der Waals surface area contributed by atoms with Crippen LogP contribution in [0.5, 0.6) is 0 Å². The van der Waals surface area contributed by atoms with Crippen LogP contribution in [0.2, 0.25) is 0 Å². The first kappa shape index (κ1) is 22.2. The number of carbonyl (C=O) groups excluding carboxylic acids is 2. The van der Waals surface area contributed by atoms with Crippen molar-refractivity contribution < 1.29 is 14.0 Å². The number of fused-ring (bicyclic) bond motifs is 1. The lowest BCUT2D eigenvalue weighted by Crippen LogP contribution is -2.26. The van der Waals surface area contributed by atoms with E-state index in [0.29, 0.717) is 33.7 Å². The molecular weight excluding hydrogens is 465 g/mol. The minimum atomic E-state index is -0.582. The Bertz CT molecular complexity index is 1140. The maximum absolute atomic E-state index is 13.7. The lowest BCUT2D eigenvalue weighted by molar-refractivity contribution is -0.106. The van der Waals surface area contributed by atoms with Crippen LogP contribution in [0.3, 0.4) is 0 Å². The van der Waals surface area contributed by atoms with Crippen molar-refractivity contribution in [2.24, 2.45) is 11.5 Å². The number of hydrogen-bond donors (Lipinski definition) is 3. The van der Waals surface area contributed by atoms with Gasteiger partial charge in [0.15, 0.2) is 0 Å². The summed E-state index contributed by atoms with van der Waals surface area (Å²) in [6.07, 6.45) is 2.86. The number of halogens is 2. The van der Waals surface area contributed by atoms with Crippen LogP contribution in [0.4, 0.5) is 10.2 Å². The van der Waals surface area contributed by atoms with E-state index in [1.807, 2.05) is 30.3 Å². The number of nitrogens with two attached hydrogens (primary N) is 2. The second kappa shape index (κ2) is 9.57. The van der Waals surface area contributed by atoms with Crippen molar-refractivity contribution in [2.75, 3.05) is 11.9 Å². The first-order valence-electron chi connectivity index (χ1n) is 9.41. The zero-order chi connectivity index (χ0) is 22.5. The third-order valence-corrected chi connectivity index (χ3v) is 5.54. The van der Waals surface area contributed by atoms with E-state index in [-0.39, 0.29) is 18.3 Å². The predicted octanol–water partition coefficient (Wildman–Crippen LogP) is 3.70. The number of nitrogens with zero attached hydrogens (tertiary/aromatic N) is 2. The first-order chi connectivity index (χ1) is 14.9. The van der Waals surface area contributed by atoms with Gasteiger partial charge in [-0.3, -0.25) is 9.59 Å². The number of hydrogen-bond acceptors (Lipinski definition) is 4. The van der Waals surface area contributed by atoms with Gasteiger partial charge >= 0.3 is 0 Å². The summed E-state index contributed by atoms with van der Waals surface area (Å²) in [5, 5.41) is 7.98. The van der Waals surface area contributed by atoms with Crippen molar-refractivity contribution >= 4 is 40.1 Å². The minimum absolute atomic E-state index is 0.0683. The SMILES string of the molecule is C=Cc1ccccc1C1CCNc2c(C(N)=O)c(-c3ccc(F)c(Br)c3)nn21.NC=O. The molecule has 1 aliphatic heterocycles. The Morgan fingerprint density at radius 1 is 1.32 bits per heavy atom. The topological polar surface area (TPSA) is 116 Å². The lowest BCUT2D eigenvalue weighted by Gasteiger charge is -2.27. The van der Waals surface area contributed by atoms with Gasteiger partial charge in [0.25, 0.3) is 5.91 Å². The Balaban J connectivity index is 0.000000858. The van der Waals surface area contributed by atoms with Gasteiger partial charge in [0.2, 0.25) is 6.41 Å². The lowest BCUT2D eigenvalue weighted by atomic mass is 9.96. The van der Waals surface area contributed by atoms with E-state index in [9.17, 15) is 9.18 Å². The third kappa shape index (κ3) is 4.36. The fourth-order valence-corrected chi connectivity index (χ4v) is 4.02. The molecule has 9 heteroatoms. The van der Waals surface area contributed by atoms with Crippen molar-refractivity contribution in [3.05, 3.63) is 76.0 Å². The van der Waals surface area contributed by atoms with Gasteiger partial charge in [0.1, 0.15) is 22.9 Å². The van der Waals surface area contributed by atoms with Crippen LogP contribution in [0, 0.1) is 5.82 Å². The fourth-order valence-electron chi connectivity index (χ4n) is 3.65. The highest BCUT2D eigenvalue weighted by Gasteiger charge is 2.31. The summed E-state index contributed by atoms with van der Waals surface area (Å²) in [4.78, 5) is 20.9. The van der Waals surface area contributed by atoms with E-state index < -0.39 is 5.91 Å². The van der Waals surface area contributed by atoms with Gasteiger partial charge in [-0.05, 0) is 51.7 Å². The average molecular weight is 486 g/mol. The zero-order valence-corrected chi connectivity index (χ0v) is 18.1. The number of amides is 2. The predicted molar refractivity (Wildman–Crippen MR) is 122 cm³/mol. The second-order valence-electron chi connectivity index (χ2n) is 6.71. The molecule has 1 atom stereocenters. The van der Waals surface area contributed by atoms with Gasteiger partial charge < -0.3 is 16.8 Å². The highest BCUT2D eigenvalue weighted by Crippen LogP contribution is 2.38. The van der Waals surface area contributed by atoms with Gasteiger partial charge in [0, 0.05) is 12.1 Å². The van der Waals surface area contributed by atoms with Crippen molar-refractivity contribution in [1.82, 2.24) is 9.78 Å². The van der Waals surface area contributed by atoms with Crippen molar-refractivity contribution in [3.8, 4) is 11.3 Å². The molecule has 31 heavy (non-hydrogen) atoms. The average Bonchev–Trinajstić information content (AvgIpc) is 3.16. The zero-order valence-electron chi connectivity index (χ0n) is 16.5. The van der Waals surface area contributed by atoms with Crippen molar-refractivity contribution in [3.63, 3.8) is 0 Å². The van der Waals surface area contributed by atoms with Crippen LogP contribution in [0.1, 0.15) is 33.9 Å². The van der Waals surface area contributed by atoms with Gasteiger partial charge in [0.05, 0.1) is 10.5 Å². The largest absolute Gasteiger partial charge is 0.372 e. The Kier molecular flexibility index (Phi) is 6.86. The Labute approximate surface area is 187 Å². The molecule has 7 nitrogen and oxygen atoms in total. The molecule has 0 fully saturated rings. The standard InChI is InChI=1S/C21H18BrFN4O.CH3NO/c1-2-12-5-3-4-6-14(12)17-9-10-25-21-18(20(24)28)19(26-27(17)21)13-7-8-16(23)15(22)11-13;2-1-3/h2-8,11,17,25H,1,9-10H2,(H2,24,28);1H,(H2,2,3). The molecule has 5 N–H and O–H groups in total. The smallest absolute Gasteiger partial charge is 0.254 e. The number of aromatic nitrogens is 2. The van der Waals surface area contributed by atoms with Gasteiger partial charge in [-0.1, -0.05) is 36.9 Å². The summed E-state index contributed by atoms with van der Waals surface area (Å²) < 4.78 is 15.8. The Morgan fingerprint density at radius 2 is 2.03 bits per heavy atom. The van der Waals surface area contributed by atoms with Gasteiger partial charge in [-0.25, -0.2) is 9.07 Å². The molecule has 0 saturated heterocycles. The molecule has 0 saturated carbocycles. The molecule has 0 spiro atoms. The van der Waals surface area contributed by atoms with Crippen molar-refractivity contribution in [1.29, 1.82) is 0 Å². The van der Waals surface area contributed by atoms with Crippen molar-refractivity contribution in [2.45, 2.75) is 12.5 Å². The third-order valence-electron chi connectivity index (χ3n) is 4.93. The van der Waals surface area contributed by atoms with Crippen LogP contribution in [0.15, 0.2) is 53.5 Å². The molecule has 1 aromatic heterocycles. The number of rotatable bonds is 4. The molecule has 0 aliphatic carbocycles. The number of carbonyl (C=O) groups is 2. The maximum Gasteiger partial charge on any atom is 0.254 e. The van der Waals surface area contributed by atoms with E-state index in [2.05, 4.69) is 33.6 Å². The normalized spacial score (nSPS) is 14.5. The highest BCUT2D eigenvalue weighted by atomic mass is 79.9. The maximum atomic E-state index is 13.7. The van der Waals surface area contributed by atoms with E-state index in [0.717, 1.165) is 17.5 Å². The molecule has 1 aliphatic rings. The molecule has 3 aromatic rings. The molecule has 2 aromatic carbocycles. The molecule has 2 heterocycles. The molecular formula is C22H21BrFN5O2. The molecule has 160 valence electrons. The fraction of sp³-hybridized carbons (Fsp3) is 0.136. The van der Waals surface area contributed by atoms with Gasteiger partial charge in [-0.15, -0.1) is 0 Å². The summed E-state index contributed by atoms with van der Waals surface area (Å²) in [5.41, 5.74) is 13.3. The second-order valence-corrected chi connectivity index (χ2v) is 7.56. The molecule has 0 radical (unpaired) electrons. The number of anilines is 1. The van der Waals surface area contributed by atoms with E-state index in [4.69, 9.17) is 15.6 Å². The van der Waals surface area contributed by atoms with E-state index in [1.54, 1.807) is 16.8 Å². The summed E-state index contributed by atoms with van der Waals surface area (Å²) >= 11 is 3.19. The Morgan fingerprint density at radius 3 is 2.68 bits per heavy atom. The van der Waals surface area contributed by atoms with E-state index in [1.165, 1.54) is 6.07 Å². The number of benzene rings is 2. The summed E-state index contributed by atoms with van der Waals surface area (Å²) in [5.74, 6) is -0.385. The minimum Gasteiger partial charge on any atom is -0.372 e. The molecule has 4 rings (SSSR count). The first-order valence-corrected chi connectivity index (χ1v) is 10.2. The number of nitrogens with one attached hydrogen (secondary N) is 1. The summed E-state index contributed by atoms with van der Waals surface area (Å²) in [7, 11) is 0. The van der Waals surface area contributed by atoms with Crippen LogP contribution < -0.4 is 16.8 Å². The Hall–Kier alpha value is -3.46. The molecule has 0 bridgehead atoms. The van der Waals surface area contributed by atoms with Crippen LogP contribution in [0.25, 0.3) is 17.3 Å². The summed E-state index contributed by atoms with van der Waals surface area (Å²) in [6, 6.07) is 12.4. The van der Waals surface area contributed by atoms with Gasteiger partial charge in [-0.2, -0.15) is 5.10 Å². The van der Waals surface area contributed by atoms with E-state index >= 15 is 0 Å². The van der Waals surface area contributed by atoms with Crippen LogP contribution >= 0.6 is 15.9 Å². The number of primary amides is 2. The molecule has 2 amide bonds. The summed E-state index contributed by atoms with van der Waals surface area (Å²) in [6.45, 7) is 4.57. The quantitative estimate of drug-likeness (QED) is 0.488. The monoisotopic (exact) mass is 485 g/mol.